The first-order chi connectivity index (χ1) is 16.6. The number of anilines is 1. The van der Waals surface area contributed by atoms with Gasteiger partial charge in [-0.15, -0.1) is 11.3 Å². The number of benzene rings is 1. The molecule has 0 bridgehead atoms. The van der Waals surface area contributed by atoms with Crippen LogP contribution < -0.4 is 16.2 Å². The summed E-state index contributed by atoms with van der Waals surface area (Å²) >= 11 is 1.24. The molecular weight excluding hydrogens is 454 g/mol. The van der Waals surface area contributed by atoms with Gasteiger partial charge in [0.05, 0.1) is 24.9 Å². The molecule has 0 unspecified atom stereocenters. The lowest BCUT2D eigenvalue weighted by Crippen LogP contribution is -2.32. The molecule has 0 saturated heterocycles. The maximum Gasteiger partial charge on any atom is 0.266 e. The fraction of sp³-hybridized carbons (Fsp3) is 0.125. The second-order valence-corrected chi connectivity index (χ2v) is 8.02. The van der Waals surface area contributed by atoms with Gasteiger partial charge in [-0.3, -0.25) is 19.7 Å². The highest BCUT2D eigenvalue weighted by atomic mass is 32.1. The third kappa shape index (κ3) is 6.36. The van der Waals surface area contributed by atoms with E-state index in [0.717, 1.165) is 5.56 Å². The predicted octanol–water partition coefficient (Wildman–Crippen LogP) is 2.97. The summed E-state index contributed by atoms with van der Waals surface area (Å²) in [6, 6.07) is 16.0. The van der Waals surface area contributed by atoms with Crippen LogP contribution in [0.5, 0.6) is 0 Å². The van der Waals surface area contributed by atoms with Crippen molar-refractivity contribution in [3.63, 3.8) is 0 Å². The van der Waals surface area contributed by atoms with Gasteiger partial charge in [0, 0.05) is 24.1 Å². The molecule has 2 N–H and O–H groups in total. The Kier molecular flexibility index (Phi) is 7.41. The predicted molar refractivity (Wildman–Crippen MR) is 129 cm³/mol. The molecule has 34 heavy (non-hydrogen) atoms. The molecule has 2 amide bonds. The van der Waals surface area contributed by atoms with Crippen molar-refractivity contribution in [1.82, 2.24) is 20.1 Å². The molecule has 0 atom stereocenters. The van der Waals surface area contributed by atoms with Crippen molar-refractivity contribution < 1.29 is 14.0 Å². The molecule has 172 valence electrons. The summed E-state index contributed by atoms with van der Waals surface area (Å²) in [5.74, 6) is 0.00563. The third-order valence-electron chi connectivity index (χ3n) is 4.64. The molecule has 0 aliphatic rings. The van der Waals surface area contributed by atoms with Crippen LogP contribution in [0.2, 0.25) is 0 Å². The zero-order valence-corrected chi connectivity index (χ0v) is 18.8. The van der Waals surface area contributed by atoms with Crippen LogP contribution in [-0.4, -0.2) is 33.1 Å². The summed E-state index contributed by atoms with van der Waals surface area (Å²) in [4.78, 5) is 40.6. The smallest absolute Gasteiger partial charge is 0.266 e. The number of nitrogens with one attached hydrogen (secondary N) is 2. The molecule has 0 radical (unpaired) electrons. The molecule has 4 aromatic rings. The summed E-state index contributed by atoms with van der Waals surface area (Å²) in [5.41, 5.74) is 1.72. The Bertz CT molecular complexity index is 1340. The van der Waals surface area contributed by atoms with Crippen molar-refractivity contribution in [2.45, 2.75) is 13.0 Å². The number of rotatable bonds is 9. The van der Waals surface area contributed by atoms with Crippen LogP contribution in [-0.2, 0) is 22.6 Å². The van der Waals surface area contributed by atoms with Gasteiger partial charge in [-0.25, -0.2) is 9.67 Å². The van der Waals surface area contributed by atoms with Gasteiger partial charge in [0.25, 0.3) is 5.56 Å². The Hall–Kier alpha value is -4.31. The number of furan rings is 1. The number of aromatic nitrogens is 3. The van der Waals surface area contributed by atoms with Crippen LogP contribution in [0.1, 0.15) is 11.3 Å². The Morgan fingerprint density at radius 3 is 2.74 bits per heavy atom. The van der Waals surface area contributed by atoms with Gasteiger partial charge in [-0.1, -0.05) is 30.3 Å². The minimum absolute atomic E-state index is 0.0565. The number of carbonyl (C=O) groups excluding carboxylic acids is 2. The van der Waals surface area contributed by atoms with Gasteiger partial charge in [0.2, 0.25) is 11.8 Å². The molecule has 0 saturated carbocycles. The monoisotopic (exact) mass is 475 g/mol. The van der Waals surface area contributed by atoms with E-state index in [1.165, 1.54) is 34.4 Å². The number of carbonyl (C=O) groups is 2. The highest BCUT2D eigenvalue weighted by Crippen LogP contribution is 2.16. The SMILES string of the molecule is O=C(/C=C/c1ccccc1)Nc1nc(CC(=O)NCCn2nc(-c3ccco3)ccc2=O)cs1. The molecule has 3 aromatic heterocycles. The van der Waals surface area contributed by atoms with Gasteiger partial charge < -0.3 is 9.73 Å². The van der Waals surface area contributed by atoms with E-state index < -0.39 is 0 Å². The van der Waals surface area contributed by atoms with Crippen LogP contribution in [0.25, 0.3) is 17.5 Å². The maximum absolute atomic E-state index is 12.3. The number of thiazole rings is 1. The topological polar surface area (TPSA) is 119 Å². The molecule has 1 aromatic carbocycles. The van der Waals surface area contributed by atoms with Crippen molar-refractivity contribution >= 4 is 34.4 Å². The summed E-state index contributed by atoms with van der Waals surface area (Å²) in [6.07, 6.45) is 4.73. The number of hydrogen-bond acceptors (Lipinski definition) is 7. The summed E-state index contributed by atoms with van der Waals surface area (Å²) in [7, 11) is 0. The van der Waals surface area contributed by atoms with E-state index in [1.54, 1.807) is 29.7 Å². The van der Waals surface area contributed by atoms with Gasteiger partial charge >= 0.3 is 0 Å². The first kappa shape index (κ1) is 22.9. The minimum Gasteiger partial charge on any atom is -0.463 e. The lowest BCUT2D eigenvalue weighted by atomic mass is 10.2. The third-order valence-corrected chi connectivity index (χ3v) is 5.44. The Balaban J connectivity index is 1.24. The second-order valence-electron chi connectivity index (χ2n) is 7.16. The first-order valence-electron chi connectivity index (χ1n) is 10.4. The number of hydrogen-bond donors (Lipinski definition) is 2. The minimum atomic E-state index is -0.302. The molecule has 0 aliphatic carbocycles. The van der Waals surface area contributed by atoms with E-state index >= 15 is 0 Å². The highest BCUT2D eigenvalue weighted by Gasteiger charge is 2.10. The fourth-order valence-corrected chi connectivity index (χ4v) is 3.73. The molecule has 4 rings (SSSR count). The summed E-state index contributed by atoms with van der Waals surface area (Å²) < 4.78 is 6.58. The molecule has 0 aliphatic heterocycles. The van der Waals surface area contributed by atoms with E-state index in [2.05, 4.69) is 20.7 Å². The van der Waals surface area contributed by atoms with Crippen LogP contribution in [0.3, 0.4) is 0 Å². The molecule has 0 spiro atoms. The Morgan fingerprint density at radius 1 is 1.09 bits per heavy atom. The van der Waals surface area contributed by atoms with Crippen molar-refractivity contribution in [1.29, 1.82) is 0 Å². The molecular formula is C24H21N5O4S. The number of amides is 2. The first-order valence-corrected chi connectivity index (χ1v) is 11.3. The van der Waals surface area contributed by atoms with Gasteiger partial charge in [-0.2, -0.15) is 5.10 Å². The zero-order valence-electron chi connectivity index (χ0n) is 18.0. The molecule has 9 nitrogen and oxygen atoms in total. The van der Waals surface area contributed by atoms with Gasteiger partial charge in [0.1, 0.15) is 5.69 Å². The fourth-order valence-electron chi connectivity index (χ4n) is 3.02. The van der Waals surface area contributed by atoms with Crippen LogP contribution in [0, 0.1) is 0 Å². The molecule has 0 fully saturated rings. The standard InChI is InChI=1S/C24H21N5O4S/c30-21(10-8-17-5-2-1-3-6-17)27-24-26-18(16-34-24)15-22(31)25-12-13-29-23(32)11-9-19(28-29)20-7-4-14-33-20/h1-11,14,16H,12-13,15H2,(H,25,31)(H,26,27,30)/b10-8+. The lowest BCUT2D eigenvalue weighted by molar-refractivity contribution is -0.120. The van der Waals surface area contributed by atoms with Crippen molar-refractivity contribution in [2.24, 2.45) is 0 Å². The quantitative estimate of drug-likeness (QED) is 0.359. The van der Waals surface area contributed by atoms with E-state index in [9.17, 15) is 14.4 Å². The lowest BCUT2D eigenvalue weighted by Gasteiger charge is -2.07. The van der Waals surface area contributed by atoms with Gasteiger partial charge in [-0.05, 0) is 29.8 Å². The van der Waals surface area contributed by atoms with Crippen LogP contribution >= 0.6 is 11.3 Å². The molecule has 10 heteroatoms. The largest absolute Gasteiger partial charge is 0.463 e. The Morgan fingerprint density at radius 2 is 1.94 bits per heavy atom. The van der Waals surface area contributed by atoms with Crippen LogP contribution in [0.15, 0.2) is 81.5 Å². The summed E-state index contributed by atoms with van der Waals surface area (Å²) in [5, 5.41) is 11.8. The summed E-state index contributed by atoms with van der Waals surface area (Å²) in [6.45, 7) is 0.441. The maximum atomic E-state index is 12.3. The van der Waals surface area contributed by atoms with E-state index in [-0.39, 0.29) is 36.9 Å². The van der Waals surface area contributed by atoms with E-state index in [0.29, 0.717) is 22.3 Å². The zero-order chi connectivity index (χ0) is 23.8. The van der Waals surface area contributed by atoms with Crippen LogP contribution in [0.4, 0.5) is 5.13 Å². The average Bonchev–Trinajstić information content (AvgIpc) is 3.52. The van der Waals surface area contributed by atoms with E-state index in [4.69, 9.17) is 4.42 Å². The van der Waals surface area contributed by atoms with Crippen molar-refractivity contribution in [3.05, 3.63) is 93.9 Å². The van der Waals surface area contributed by atoms with Gasteiger partial charge in [0.15, 0.2) is 10.9 Å². The Labute approximate surface area is 198 Å². The van der Waals surface area contributed by atoms with E-state index in [1.807, 2.05) is 30.3 Å². The van der Waals surface area contributed by atoms with Crippen molar-refractivity contribution in [3.8, 4) is 11.5 Å². The van der Waals surface area contributed by atoms with Crippen molar-refractivity contribution in [2.75, 3.05) is 11.9 Å². The number of nitrogens with zero attached hydrogens (tertiary/aromatic N) is 3. The highest BCUT2D eigenvalue weighted by molar-refractivity contribution is 7.14. The second kappa shape index (κ2) is 11.0. The normalized spacial score (nSPS) is 10.9. The average molecular weight is 476 g/mol. The molecule has 3 heterocycles.